The minimum atomic E-state index is -3.07. The van der Waals surface area contributed by atoms with Gasteiger partial charge in [0.1, 0.15) is 0 Å². The molecule has 0 aromatic rings. The first-order valence-corrected chi connectivity index (χ1v) is 4.46. The fourth-order valence-corrected chi connectivity index (χ4v) is 1.30. The Morgan fingerprint density at radius 3 is 2.56 bits per heavy atom. The first kappa shape index (κ1) is 6.54. The number of hydrogen-bond donors (Lipinski definition) is 0. The predicted octanol–water partition coefficient (Wildman–Crippen LogP) is -0.362. The van der Waals surface area contributed by atoms with Gasteiger partial charge in [-0.1, -0.05) is 0 Å². The molecule has 1 rings (SSSR count). The Labute approximate surface area is 54.2 Å². The Morgan fingerprint density at radius 2 is 2.33 bits per heavy atom. The van der Waals surface area contributed by atoms with E-state index in [0.29, 0.717) is 6.54 Å². The molecule has 1 aliphatic heterocycles. The highest BCUT2D eigenvalue weighted by atomic mass is 32.2. The second-order valence-electron chi connectivity index (χ2n) is 1.90. The summed E-state index contributed by atoms with van der Waals surface area (Å²) in [5, 5.41) is 3.63. The Kier molecular flexibility index (Phi) is 1.44. The van der Waals surface area contributed by atoms with Crippen molar-refractivity contribution in [1.82, 2.24) is 4.41 Å². The molecule has 4 nitrogen and oxygen atoms in total. The SMILES string of the molecule is CS(=O)(=O)N1CCC=N1. The van der Waals surface area contributed by atoms with E-state index in [-0.39, 0.29) is 0 Å². The standard InChI is InChI=1S/C4H8N2O2S/c1-9(7,8)6-4-2-3-5-6/h3H,2,4H2,1H3. The maximum atomic E-state index is 10.6. The van der Waals surface area contributed by atoms with Crippen molar-refractivity contribution in [3.8, 4) is 0 Å². The zero-order valence-electron chi connectivity index (χ0n) is 5.11. The molecule has 0 radical (unpaired) electrons. The summed E-state index contributed by atoms with van der Waals surface area (Å²) in [4.78, 5) is 0. The summed E-state index contributed by atoms with van der Waals surface area (Å²) in [5.41, 5.74) is 0. The van der Waals surface area contributed by atoms with Gasteiger partial charge in [-0.05, 0) is 0 Å². The second-order valence-corrected chi connectivity index (χ2v) is 3.78. The minimum Gasteiger partial charge on any atom is -0.205 e. The lowest BCUT2D eigenvalue weighted by molar-refractivity contribution is 0.466. The third kappa shape index (κ3) is 1.41. The summed E-state index contributed by atoms with van der Waals surface area (Å²) < 4.78 is 22.4. The molecule has 0 amide bonds. The summed E-state index contributed by atoms with van der Waals surface area (Å²) in [5.74, 6) is 0. The van der Waals surface area contributed by atoms with Crippen LogP contribution in [-0.2, 0) is 10.0 Å². The van der Waals surface area contributed by atoms with Crippen LogP contribution in [0.5, 0.6) is 0 Å². The molecule has 0 unspecified atom stereocenters. The van der Waals surface area contributed by atoms with Gasteiger partial charge in [0, 0.05) is 12.6 Å². The second kappa shape index (κ2) is 1.98. The number of hydrazone groups is 1. The van der Waals surface area contributed by atoms with Crippen molar-refractivity contribution < 1.29 is 8.42 Å². The minimum absolute atomic E-state index is 0.499. The van der Waals surface area contributed by atoms with Crippen LogP contribution in [0.3, 0.4) is 0 Å². The van der Waals surface area contributed by atoms with Gasteiger partial charge in [0.15, 0.2) is 0 Å². The van der Waals surface area contributed by atoms with Crippen LogP contribution in [0.4, 0.5) is 0 Å². The Bertz CT molecular complexity index is 219. The highest BCUT2D eigenvalue weighted by Crippen LogP contribution is 2.03. The van der Waals surface area contributed by atoms with Crippen LogP contribution in [0.15, 0.2) is 5.10 Å². The van der Waals surface area contributed by atoms with Crippen LogP contribution in [0.1, 0.15) is 6.42 Å². The molecule has 0 aromatic carbocycles. The van der Waals surface area contributed by atoms with Crippen molar-refractivity contribution in [3.63, 3.8) is 0 Å². The summed E-state index contributed by atoms with van der Waals surface area (Å²) in [7, 11) is -3.07. The topological polar surface area (TPSA) is 49.7 Å². The quantitative estimate of drug-likeness (QED) is 0.509. The van der Waals surface area contributed by atoms with Crippen molar-refractivity contribution in [2.24, 2.45) is 5.10 Å². The van der Waals surface area contributed by atoms with Gasteiger partial charge >= 0.3 is 0 Å². The van der Waals surface area contributed by atoms with E-state index in [1.807, 2.05) is 0 Å². The molecule has 1 aliphatic rings. The van der Waals surface area contributed by atoms with Crippen molar-refractivity contribution in [2.45, 2.75) is 6.42 Å². The van der Waals surface area contributed by atoms with E-state index in [0.717, 1.165) is 17.1 Å². The van der Waals surface area contributed by atoms with Crippen LogP contribution in [0.25, 0.3) is 0 Å². The lowest BCUT2D eigenvalue weighted by atomic mass is 10.5. The number of sulfonamides is 1. The summed E-state index contributed by atoms with van der Waals surface area (Å²) >= 11 is 0. The van der Waals surface area contributed by atoms with Gasteiger partial charge in [0.2, 0.25) is 10.0 Å². The van der Waals surface area contributed by atoms with Gasteiger partial charge in [-0.15, -0.1) is 0 Å². The fraction of sp³-hybridized carbons (Fsp3) is 0.750. The van der Waals surface area contributed by atoms with E-state index < -0.39 is 10.0 Å². The first-order valence-electron chi connectivity index (χ1n) is 2.61. The maximum Gasteiger partial charge on any atom is 0.246 e. The van der Waals surface area contributed by atoms with E-state index in [1.54, 1.807) is 6.21 Å². The zero-order valence-corrected chi connectivity index (χ0v) is 5.93. The van der Waals surface area contributed by atoms with E-state index in [2.05, 4.69) is 5.10 Å². The molecular weight excluding hydrogens is 140 g/mol. The van der Waals surface area contributed by atoms with Crippen LogP contribution < -0.4 is 0 Å². The highest BCUT2D eigenvalue weighted by molar-refractivity contribution is 7.88. The molecule has 1 heterocycles. The van der Waals surface area contributed by atoms with Gasteiger partial charge < -0.3 is 0 Å². The normalized spacial score (nSPS) is 19.0. The Balaban J connectivity index is 2.76. The average molecular weight is 148 g/mol. The Hall–Kier alpha value is -0.580. The molecule has 0 bridgehead atoms. The van der Waals surface area contributed by atoms with Gasteiger partial charge in [-0.3, -0.25) is 0 Å². The molecule has 5 heteroatoms. The number of rotatable bonds is 1. The monoisotopic (exact) mass is 148 g/mol. The van der Waals surface area contributed by atoms with Crippen molar-refractivity contribution in [2.75, 3.05) is 12.8 Å². The van der Waals surface area contributed by atoms with E-state index >= 15 is 0 Å². The number of hydrogen-bond acceptors (Lipinski definition) is 3. The van der Waals surface area contributed by atoms with Gasteiger partial charge in [0.25, 0.3) is 0 Å². The molecule has 9 heavy (non-hydrogen) atoms. The molecular formula is C4H8N2O2S. The maximum absolute atomic E-state index is 10.6. The Morgan fingerprint density at radius 1 is 1.67 bits per heavy atom. The molecule has 0 spiro atoms. The van der Waals surface area contributed by atoms with Crippen molar-refractivity contribution >= 4 is 16.2 Å². The van der Waals surface area contributed by atoms with Gasteiger partial charge in [-0.25, -0.2) is 8.42 Å². The molecule has 0 aliphatic carbocycles. The lowest BCUT2D eigenvalue weighted by Crippen LogP contribution is -2.21. The lowest BCUT2D eigenvalue weighted by Gasteiger charge is -2.08. The first-order chi connectivity index (χ1) is 4.11. The van der Waals surface area contributed by atoms with E-state index in [9.17, 15) is 8.42 Å². The van der Waals surface area contributed by atoms with Crippen LogP contribution in [-0.4, -0.2) is 31.8 Å². The molecule has 0 N–H and O–H groups in total. The van der Waals surface area contributed by atoms with Crippen LogP contribution in [0, 0.1) is 0 Å². The molecule has 52 valence electrons. The predicted molar refractivity (Wildman–Crippen MR) is 34.7 cm³/mol. The largest absolute Gasteiger partial charge is 0.246 e. The molecule has 0 atom stereocenters. The number of nitrogens with zero attached hydrogens (tertiary/aromatic N) is 2. The van der Waals surface area contributed by atoms with E-state index in [1.165, 1.54) is 0 Å². The third-order valence-corrected chi connectivity index (χ3v) is 2.09. The summed E-state index contributed by atoms with van der Waals surface area (Å²) in [6.07, 6.45) is 3.48. The molecule has 0 saturated carbocycles. The molecule has 0 saturated heterocycles. The summed E-state index contributed by atoms with van der Waals surface area (Å²) in [6.45, 7) is 0.499. The smallest absolute Gasteiger partial charge is 0.205 e. The fourth-order valence-electron chi connectivity index (χ4n) is 0.626. The zero-order chi connectivity index (χ0) is 6.91. The molecule has 0 fully saturated rings. The van der Waals surface area contributed by atoms with E-state index in [4.69, 9.17) is 0 Å². The van der Waals surface area contributed by atoms with Gasteiger partial charge in [-0.2, -0.15) is 9.52 Å². The van der Waals surface area contributed by atoms with Crippen LogP contribution >= 0.6 is 0 Å². The summed E-state index contributed by atoms with van der Waals surface area (Å²) in [6, 6.07) is 0. The third-order valence-electron chi connectivity index (χ3n) is 1.04. The van der Waals surface area contributed by atoms with Crippen molar-refractivity contribution in [1.29, 1.82) is 0 Å². The van der Waals surface area contributed by atoms with Gasteiger partial charge in [0.05, 0.1) is 12.8 Å². The van der Waals surface area contributed by atoms with Crippen LogP contribution in [0.2, 0.25) is 0 Å². The van der Waals surface area contributed by atoms with Crippen molar-refractivity contribution in [3.05, 3.63) is 0 Å². The molecule has 0 aromatic heterocycles. The highest BCUT2D eigenvalue weighted by Gasteiger charge is 2.15. The average Bonchev–Trinajstić information content (AvgIpc) is 2.08.